The molecule has 0 saturated heterocycles. The Labute approximate surface area is 90.6 Å². The number of hydrogen-bond donors (Lipinski definition) is 1. The van der Waals surface area contributed by atoms with Gasteiger partial charge in [-0.1, -0.05) is 0 Å². The first kappa shape index (κ1) is 12.3. The molecule has 0 aliphatic heterocycles. The zero-order chi connectivity index (χ0) is 12.3. The highest BCUT2D eigenvalue weighted by molar-refractivity contribution is 5.87. The summed E-state index contributed by atoms with van der Waals surface area (Å²) in [5.41, 5.74) is 5.43. The Morgan fingerprint density at radius 3 is 2.38 bits per heavy atom. The maximum atomic E-state index is 13.2. The average molecular weight is 229 g/mol. The largest absolute Gasteiger partial charge is 0.402 e. The van der Waals surface area contributed by atoms with Gasteiger partial charge in [0.2, 0.25) is 0 Å². The minimum Gasteiger partial charge on any atom is -0.402 e. The molecule has 0 saturated carbocycles. The van der Waals surface area contributed by atoms with E-state index in [4.69, 9.17) is 5.73 Å². The van der Waals surface area contributed by atoms with Gasteiger partial charge in [-0.2, -0.15) is 0 Å². The van der Waals surface area contributed by atoms with Crippen LogP contribution in [0.25, 0.3) is 0 Å². The third-order valence-corrected chi connectivity index (χ3v) is 1.87. The van der Waals surface area contributed by atoms with E-state index < -0.39 is 17.5 Å². The Morgan fingerprint density at radius 1 is 1.25 bits per heavy atom. The van der Waals surface area contributed by atoms with Gasteiger partial charge >= 0.3 is 0 Å². The lowest BCUT2D eigenvalue weighted by atomic mass is 10.1. The predicted molar refractivity (Wildman–Crippen MR) is 53.0 cm³/mol. The van der Waals surface area contributed by atoms with Gasteiger partial charge in [0.1, 0.15) is 5.82 Å². The molecule has 0 unspecified atom stereocenters. The van der Waals surface area contributed by atoms with Gasteiger partial charge in [-0.3, -0.25) is 4.79 Å². The Kier molecular flexibility index (Phi) is 3.71. The summed E-state index contributed by atoms with van der Waals surface area (Å²) in [7, 11) is 0. The third kappa shape index (κ3) is 3.12. The van der Waals surface area contributed by atoms with Crippen LogP contribution in [0.1, 0.15) is 12.5 Å². The molecule has 0 aliphatic carbocycles. The number of carbonyl (C=O) groups is 1. The van der Waals surface area contributed by atoms with Crippen LogP contribution in [0, 0.1) is 17.5 Å². The van der Waals surface area contributed by atoms with E-state index in [2.05, 4.69) is 0 Å². The Morgan fingerprint density at radius 2 is 1.81 bits per heavy atom. The molecule has 16 heavy (non-hydrogen) atoms. The van der Waals surface area contributed by atoms with Crippen molar-refractivity contribution in [1.82, 2.24) is 0 Å². The summed E-state index contributed by atoms with van der Waals surface area (Å²) >= 11 is 0. The van der Waals surface area contributed by atoms with Crippen molar-refractivity contribution in [2.45, 2.75) is 13.3 Å². The van der Waals surface area contributed by atoms with Crippen LogP contribution in [0.2, 0.25) is 0 Å². The van der Waals surface area contributed by atoms with Crippen LogP contribution in [0.15, 0.2) is 23.9 Å². The fraction of sp³-hybridized carbons (Fsp3) is 0.182. The molecular formula is C11H10F3NO. The number of ketones is 1. The van der Waals surface area contributed by atoms with E-state index in [0.717, 1.165) is 12.1 Å². The molecule has 0 aliphatic rings. The van der Waals surface area contributed by atoms with Crippen LogP contribution in [0.3, 0.4) is 0 Å². The van der Waals surface area contributed by atoms with Crippen molar-refractivity contribution in [3.63, 3.8) is 0 Å². The predicted octanol–water partition coefficient (Wildman–Crippen LogP) is 2.08. The molecule has 0 bridgehead atoms. The lowest BCUT2D eigenvalue weighted by molar-refractivity contribution is -0.112. The van der Waals surface area contributed by atoms with Gasteiger partial charge in [0.05, 0.1) is 0 Å². The lowest BCUT2D eigenvalue weighted by Gasteiger charge is -2.04. The smallest absolute Gasteiger partial charge is 0.161 e. The van der Waals surface area contributed by atoms with Crippen LogP contribution in [-0.2, 0) is 11.2 Å². The molecule has 1 aromatic rings. The lowest BCUT2D eigenvalue weighted by Crippen LogP contribution is -2.06. The maximum Gasteiger partial charge on any atom is 0.161 e. The van der Waals surface area contributed by atoms with E-state index in [9.17, 15) is 18.0 Å². The van der Waals surface area contributed by atoms with Crippen molar-refractivity contribution in [2.75, 3.05) is 0 Å². The number of benzene rings is 1. The molecule has 0 atom stereocenters. The molecule has 2 nitrogen and oxygen atoms in total. The van der Waals surface area contributed by atoms with Crippen molar-refractivity contribution < 1.29 is 18.0 Å². The van der Waals surface area contributed by atoms with Crippen molar-refractivity contribution in [3.05, 3.63) is 46.9 Å². The Hall–Kier alpha value is -1.78. The zero-order valence-corrected chi connectivity index (χ0v) is 8.56. The summed E-state index contributed by atoms with van der Waals surface area (Å²) in [5, 5.41) is 0. The quantitative estimate of drug-likeness (QED) is 0.637. The van der Waals surface area contributed by atoms with E-state index in [1.807, 2.05) is 0 Å². The average Bonchev–Trinajstić information content (AvgIpc) is 2.12. The summed E-state index contributed by atoms with van der Waals surface area (Å²) in [6.07, 6.45) is 0.976. The normalized spacial score (nSPS) is 11.6. The fourth-order valence-electron chi connectivity index (χ4n) is 1.23. The third-order valence-electron chi connectivity index (χ3n) is 1.87. The number of rotatable bonds is 3. The van der Waals surface area contributed by atoms with Gasteiger partial charge < -0.3 is 5.73 Å². The second-order valence-electron chi connectivity index (χ2n) is 3.36. The first-order chi connectivity index (χ1) is 7.40. The van der Waals surface area contributed by atoms with Crippen molar-refractivity contribution in [2.24, 2.45) is 5.73 Å². The first-order valence-corrected chi connectivity index (χ1v) is 4.50. The first-order valence-electron chi connectivity index (χ1n) is 4.50. The monoisotopic (exact) mass is 229 g/mol. The summed E-state index contributed by atoms with van der Waals surface area (Å²) in [5.74, 6) is -3.58. The molecule has 1 aromatic carbocycles. The summed E-state index contributed by atoms with van der Waals surface area (Å²) in [4.78, 5) is 10.7. The molecule has 5 heteroatoms. The number of nitrogens with two attached hydrogens (primary N) is 1. The Bertz CT molecular complexity index is 455. The zero-order valence-electron chi connectivity index (χ0n) is 8.56. The summed E-state index contributed by atoms with van der Waals surface area (Å²) in [6, 6.07) is 1.18. The standard InChI is InChI=1S/C11H10F3NO/c1-6(16)2-8(15)3-7-4-10(13)11(14)5-9(7)12/h2,4-5H,3,15H2,1H3/b8-2-. The molecule has 0 heterocycles. The molecule has 0 aromatic heterocycles. The van der Waals surface area contributed by atoms with Gasteiger partial charge in [-0.25, -0.2) is 13.2 Å². The van der Waals surface area contributed by atoms with Crippen LogP contribution in [-0.4, -0.2) is 5.78 Å². The summed E-state index contributed by atoms with van der Waals surface area (Å²) in [6.45, 7) is 1.29. The molecular weight excluding hydrogens is 219 g/mol. The minimum absolute atomic E-state index is 0.0890. The van der Waals surface area contributed by atoms with E-state index in [-0.39, 0.29) is 23.5 Å². The topological polar surface area (TPSA) is 43.1 Å². The summed E-state index contributed by atoms with van der Waals surface area (Å²) < 4.78 is 38.5. The van der Waals surface area contributed by atoms with E-state index in [1.54, 1.807) is 0 Å². The SMILES string of the molecule is CC(=O)/C=C(\N)Cc1cc(F)c(F)cc1F. The van der Waals surface area contributed by atoms with Crippen LogP contribution >= 0.6 is 0 Å². The molecule has 2 N–H and O–H groups in total. The highest BCUT2D eigenvalue weighted by Crippen LogP contribution is 2.15. The second-order valence-corrected chi connectivity index (χ2v) is 3.36. The highest BCUT2D eigenvalue weighted by Gasteiger charge is 2.10. The van der Waals surface area contributed by atoms with Crippen LogP contribution in [0.4, 0.5) is 13.2 Å². The molecule has 1 rings (SSSR count). The number of allylic oxidation sites excluding steroid dienone is 2. The number of carbonyl (C=O) groups excluding carboxylic acids is 1. The molecule has 0 spiro atoms. The number of halogens is 3. The van der Waals surface area contributed by atoms with Crippen molar-refractivity contribution in [1.29, 1.82) is 0 Å². The molecule has 0 amide bonds. The van der Waals surface area contributed by atoms with Gasteiger partial charge in [-0.05, 0) is 24.6 Å². The fourth-order valence-corrected chi connectivity index (χ4v) is 1.23. The van der Waals surface area contributed by atoms with Crippen LogP contribution in [0.5, 0.6) is 0 Å². The highest BCUT2D eigenvalue weighted by atomic mass is 19.2. The van der Waals surface area contributed by atoms with Gasteiger partial charge in [0.25, 0.3) is 0 Å². The Balaban J connectivity index is 2.98. The van der Waals surface area contributed by atoms with Crippen LogP contribution < -0.4 is 5.73 Å². The van der Waals surface area contributed by atoms with Gasteiger partial charge in [0, 0.05) is 18.2 Å². The van der Waals surface area contributed by atoms with E-state index in [1.165, 1.54) is 6.92 Å². The van der Waals surface area contributed by atoms with Crippen molar-refractivity contribution >= 4 is 5.78 Å². The molecule has 0 radical (unpaired) electrons. The van der Waals surface area contributed by atoms with E-state index >= 15 is 0 Å². The number of hydrogen-bond acceptors (Lipinski definition) is 2. The second kappa shape index (κ2) is 4.83. The minimum atomic E-state index is -1.25. The molecule has 86 valence electrons. The van der Waals surface area contributed by atoms with Gasteiger partial charge in [0.15, 0.2) is 17.4 Å². The van der Waals surface area contributed by atoms with Crippen molar-refractivity contribution in [3.8, 4) is 0 Å². The maximum absolute atomic E-state index is 13.2. The van der Waals surface area contributed by atoms with Gasteiger partial charge in [-0.15, -0.1) is 0 Å². The van der Waals surface area contributed by atoms with E-state index in [0.29, 0.717) is 6.07 Å². The molecule has 0 fully saturated rings.